The highest BCUT2D eigenvalue weighted by molar-refractivity contribution is 5.99. The minimum atomic E-state index is -0.317. The Balaban J connectivity index is 1.28. The second-order valence-electron chi connectivity index (χ2n) is 8.19. The minimum Gasteiger partial charge on any atom is -0.457 e. The standard InChI is InChI=1S/C26H26N6O2/c1-18-5-7-19(8-6-18)29-26(33)30-20-3-2-4-21(15-20)34-22-9-10-23-24(16-22)31-25(17-28-23)32-13-11-27-12-14-32/h2-10,15-17,27H,11-14H2,1H3,(H2,29,30,33). The highest BCUT2D eigenvalue weighted by atomic mass is 16.5. The summed E-state index contributed by atoms with van der Waals surface area (Å²) in [5.41, 5.74) is 4.09. The van der Waals surface area contributed by atoms with Gasteiger partial charge in [0.15, 0.2) is 0 Å². The Kier molecular flexibility index (Phi) is 6.22. The largest absolute Gasteiger partial charge is 0.457 e. The first kappa shape index (κ1) is 21.7. The van der Waals surface area contributed by atoms with Gasteiger partial charge in [-0.05, 0) is 43.3 Å². The van der Waals surface area contributed by atoms with Gasteiger partial charge < -0.3 is 25.6 Å². The predicted octanol–water partition coefficient (Wildman–Crippen LogP) is 4.78. The van der Waals surface area contributed by atoms with Crippen LogP contribution in [0.2, 0.25) is 0 Å². The Morgan fingerprint density at radius 1 is 0.912 bits per heavy atom. The number of anilines is 3. The molecule has 0 spiro atoms. The van der Waals surface area contributed by atoms with Crippen molar-refractivity contribution < 1.29 is 9.53 Å². The summed E-state index contributed by atoms with van der Waals surface area (Å²) in [7, 11) is 0. The van der Waals surface area contributed by atoms with E-state index in [1.54, 1.807) is 6.07 Å². The van der Waals surface area contributed by atoms with Gasteiger partial charge in [0.1, 0.15) is 17.3 Å². The minimum absolute atomic E-state index is 0.317. The maximum atomic E-state index is 12.4. The molecule has 1 saturated heterocycles. The Morgan fingerprint density at radius 2 is 1.68 bits per heavy atom. The number of carbonyl (C=O) groups excluding carboxylic acids is 1. The average Bonchev–Trinajstić information content (AvgIpc) is 2.86. The number of carbonyl (C=O) groups is 1. The molecule has 3 aromatic carbocycles. The van der Waals surface area contributed by atoms with Crippen LogP contribution in [-0.4, -0.2) is 42.2 Å². The topological polar surface area (TPSA) is 91.4 Å². The summed E-state index contributed by atoms with van der Waals surface area (Å²) >= 11 is 0. The van der Waals surface area contributed by atoms with E-state index >= 15 is 0 Å². The van der Waals surface area contributed by atoms with E-state index in [0.717, 1.165) is 54.3 Å². The van der Waals surface area contributed by atoms with E-state index in [-0.39, 0.29) is 6.03 Å². The van der Waals surface area contributed by atoms with Crippen molar-refractivity contribution in [1.82, 2.24) is 15.3 Å². The number of hydrogen-bond donors (Lipinski definition) is 3. The molecule has 0 aliphatic carbocycles. The van der Waals surface area contributed by atoms with Crippen molar-refractivity contribution in [3.05, 3.63) is 78.5 Å². The highest BCUT2D eigenvalue weighted by Crippen LogP contribution is 2.27. The van der Waals surface area contributed by atoms with Crippen LogP contribution >= 0.6 is 0 Å². The highest BCUT2D eigenvalue weighted by Gasteiger charge is 2.13. The molecule has 0 bridgehead atoms. The summed E-state index contributed by atoms with van der Waals surface area (Å²) in [4.78, 5) is 23.9. The van der Waals surface area contributed by atoms with Crippen molar-refractivity contribution in [2.45, 2.75) is 6.92 Å². The fraction of sp³-hybridized carbons (Fsp3) is 0.192. The number of amides is 2. The molecule has 1 fully saturated rings. The van der Waals surface area contributed by atoms with Gasteiger partial charge >= 0.3 is 6.03 Å². The molecule has 2 heterocycles. The monoisotopic (exact) mass is 454 g/mol. The first-order valence-electron chi connectivity index (χ1n) is 11.3. The third-order valence-electron chi connectivity index (χ3n) is 5.58. The van der Waals surface area contributed by atoms with E-state index in [4.69, 9.17) is 9.72 Å². The van der Waals surface area contributed by atoms with E-state index in [9.17, 15) is 4.79 Å². The zero-order valence-electron chi connectivity index (χ0n) is 18.9. The summed E-state index contributed by atoms with van der Waals surface area (Å²) in [6.45, 7) is 5.71. The number of ether oxygens (including phenoxy) is 1. The maximum absolute atomic E-state index is 12.4. The molecule has 8 heteroatoms. The van der Waals surface area contributed by atoms with Crippen molar-refractivity contribution in [3.8, 4) is 11.5 Å². The smallest absolute Gasteiger partial charge is 0.323 e. The third-order valence-corrected chi connectivity index (χ3v) is 5.58. The number of aryl methyl sites for hydroxylation is 1. The predicted molar refractivity (Wildman–Crippen MR) is 135 cm³/mol. The number of nitrogens with zero attached hydrogens (tertiary/aromatic N) is 3. The second-order valence-corrected chi connectivity index (χ2v) is 8.19. The summed E-state index contributed by atoms with van der Waals surface area (Å²) < 4.78 is 6.06. The van der Waals surface area contributed by atoms with Gasteiger partial charge in [-0.2, -0.15) is 0 Å². The first-order valence-corrected chi connectivity index (χ1v) is 11.3. The zero-order chi connectivity index (χ0) is 23.3. The summed E-state index contributed by atoms with van der Waals surface area (Å²) in [5.74, 6) is 2.14. The molecule has 0 unspecified atom stereocenters. The van der Waals surface area contributed by atoms with Crippen molar-refractivity contribution in [2.75, 3.05) is 41.7 Å². The summed E-state index contributed by atoms with van der Waals surface area (Å²) in [5, 5.41) is 9.02. The van der Waals surface area contributed by atoms with Crippen LogP contribution in [0, 0.1) is 6.92 Å². The van der Waals surface area contributed by atoms with Crippen LogP contribution < -0.4 is 25.6 Å². The van der Waals surface area contributed by atoms with Crippen LogP contribution in [0.3, 0.4) is 0 Å². The molecule has 4 aromatic rings. The van der Waals surface area contributed by atoms with E-state index < -0.39 is 0 Å². The molecule has 0 saturated carbocycles. The van der Waals surface area contributed by atoms with Gasteiger partial charge in [-0.1, -0.05) is 23.8 Å². The van der Waals surface area contributed by atoms with Crippen LogP contribution in [0.25, 0.3) is 11.0 Å². The van der Waals surface area contributed by atoms with Crippen LogP contribution in [-0.2, 0) is 0 Å². The van der Waals surface area contributed by atoms with E-state index in [0.29, 0.717) is 17.2 Å². The molecule has 2 amide bonds. The molecule has 5 rings (SSSR count). The van der Waals surface area contributed by atoms with Crippen molar-refractivity contribution >= 4 is 34.3 Å². The molecule has 172 valence electrons. The number of hydrogen-bond acceptors (Lipinski definition) is 6. The molecule has 0 atom stereocenters. The Labute approximate surface area is 198 Å². The number of rotatable bonds is 5. The van der Waals surface area contributed by atoms with Gasteiger partial charge in [-0.25, -0.2) is 9.78 Å². The average molecular weight is 455 g/mol. The van der Waals surface area contributed by atoms with Gasteiger partial charge in [-0.3, -0.25) is 4.98 Å². The zero-order valence-corrected chi connectivity index (χ0v) is 18.9. The quantitative estimate of drug-likeness (QED) is 0.402. The third kappa shape index (κ3) is 5.24. The van der Waals surface area contributed by atoms with Crippen molar-refractivity contribution in [1.29, 1.82) is 0 Å². The number of urea groups is 1. The van der Waals surface area contributed by atoms with Gasteiger partial charge in [-0.15, -0.1) is 0 Å². The van der Waals surface area contributed by atoms with Crippen molar-refractivity contribution in [3.63, 3.8) is 0 Å². The maximum Gasteiger partial charge on any atom is 0.323 e. The first-order chi connectivity index (χ1) is 16.6. The molecule has 34 heavy (non-hydrogen) atoms. The van der Waals surface area contributed by atoms with E-state index in [1.165, 1.54) is 0 Å². The van der Waals surface area contributed by atoms with Crippen LogP contribution in [0.4, 0.5) is 22.0 Å². The molecule has 8 nitrogen and oxygen atoms in total. The van der Waals surface area contributed by atoms with E-state index in [1.807, 2.05) is 73.8 Å². The number of aromatic nitrogens is 2. The fourth-order valence-corrected chi connectivity index (χ4v) is 3.80. The molecule has 1 aromatic heterocycles. The molecule has 0 radical (unpaired) electrons. The fourth-order valence-electron chi connectivity index (χ4n) is 3.80. The SMILES string of the molecule is Cc1ccc(NC(=O)Nc2cccc(Oc3ccc4ncc(N5CCNCC5)nc4c3)c2)cc1. The van der Waals surface area contributed by atoms with Gasteiger partial charge in [0.25, 0.3) is 0 Å². The van der Waals surface area contributed by atoms with Gasteiger partial charge in [0.2, 0.25) is 0 Å². The number of nitrogens with one attached hydrogen (secondary N) is 3. The van der Waals surface area contributed by atoms with Crippen molar-refractivity contribution in [2.24, 2.45) is 0 Å². The van der Waals surface area contributed by atoms with E-state index in [2.05, 4.69) is 25.8 Å². The van der Waals surface area contributed by atoms with Crippen LogP contribution in [0.5, 0.6) is 11.5 Å². The Bertz CT molecular complexity index is 1300. The number of benzene rings is 3. The Morgan fingerprint density at radius 3 is 2.50 bits per heavy atom. The molecule has 1 aliphatic heterocycles. The van der Waals surface area contributed by atoms with Crippen LogP contribution in [0.1, 0.15) is 5.56 Å². The van der Waals surface area contributed by atoms with Gasteiger partial charge in [0, 0.05) is 49.7 Å². The second kappa shape index (κ2) is 9.76. The molecular formula is C26H26N6O2. The summed E-state index contributed by atoms with van der Waals surface area (Å²) in [6.07, 6.45) is 1.82. The van der Waals surface area contributed by atoms with Gasteiger partial charge in [0.05, 0.1) is 17.2 Å². The lowest BCUT2D eigenvalue weighted by atomic mass is 10.2. The molecular weight excluding hydrogens is 428 g/mol. The number of piperazine rings is 1. The number of fused-ring (bicyclic) bond motifs is 1. The molecule has 3 N–H and O–H groups in total. The lowest BCUT2D eigenvalue weighted by Gasteiger charge is -2.28. The normalized spacial score (nSPS) is 13.5. The molecule has 1 aliphatic rings. The van der Waals surface area contributed by atoms with Crippen LogP contribution in [0.15, 0.2) is 72.9 Å². The Hall–Kier alpha value is -4.17. The summed E-state index contributed by atoms with van der Waals surface area (Å²) in [6, 6.07) is 20.2. The lowest BCUT2D eigenvalue weighted by molar-refractivity contribution is 0.262. The lowest BCUT2D eigenvalue weighted by Crippen LogP contribution is -2.43.